The molecule has 0 unspecified atom stereocenters. The summed E-state index contributed by atoms with van der Waals surface area (Å²) in [7, 11) is 0. The van der Waals surface area contributed by atoms with Crippen molar-refractivity contribution in [3.8, 4) is 50.2 Å². The second-order valence-corrected chi connectivity index (χ2v) is 15.8. The maximum atomic E-state index is 3.74. The summed E-state index contributed by atoms with van der Waals surface area (Å²) in [5.74, 6) is 0. The monoisotopic (exact) mass is 728 g/mol. The molecule has 0 fully saturated rings. The van der Waals surface area contributed by atoms with Gasteiger partial charge in [-0.1, -0.05) is 159 Å². The number of benzene rings is 9. The van der Waals surface area contributed by atoms with Crippen molar-refractivity contribution in [2.45, 2.75) is 19.3 Å². The van der Waals surface area contributed by atoms with E-state index in [1.807, 2.05) is 0 Å². The van der Waals surface area contributed by atoms with Gasteiger partial charge in [-0.05, 0) is 115 Å². The normalized spacial score (nSPS) is 12.9. The lowest BCUT2D eigenvalue weighted by Crippen LogP contribution is -2.14. The molecule has 0 saturated heterocycles. The summed E-state index contributed by atoms with van der Waals surface area (Å²) >= 11 is 0. The fourth-order valence-corrected chi connectivity index (χ4v) is 9.35. The van der Waals surface area contributed by atoms with E-state index in [4.69, 9.17) is 0 Å². The highest BCUT2D eigenvalue weighted by Crippen LogP contribution is 2.53. The fraction of sp³-hybridized carbons (Fsp3) is 0.0545. The minimum Gasteiger partial charge on any atom is -0.355 e. The van der Waals surface area contributed by atoms with Crippen LogP contribution in [0.15, 0.2) is 200 Å². The molecule has 2 heteroatoms. The Labute approximate surface area is 333 Å². The summed E-state index contributed by atoms with van der Waals surface area (Å²) in [6.07, 6.45) is 0. The van der Waals surface area contributed by atoms with Crippen LogP contribution in [0.3, 0.4) is 0 Å². The fourth-order valence-electron chi connectivity index (χ4n) is 9.35. The van der Waals surface area contributed by atoms with E-state index in [1.54, 1.807) is 0 Å². The molecule has 1 heterocycles. The molecule has 1 aliphatic rings. The van der Waals surface area contributed by atoms with Crippen molar-refractivity contribution < 1.29 is 0 Å². The molecule has 2 nitrogen and oxygen atoms in total. The number of nitrogens with one attached hydrogen (secondary N) is 1. The molecule has 11 rings (SSSR count). The van der Waals surface area contributed by atoms with Gasteiger partial charge in [-0.15, -0.1) is 0 Å². The minimum atomic E-state index is -0.0953. The van der Waals surface area contributed by atoms with Crippen LogP contribution in [0, 0.1) is 0 Å². The summed E-state index contributed by atoms with van der Waals surface area (Å²) in [6, 6.07) is 73.2. The summed E-state index contributed by atoms with van der Waals surface area (Å²) in [6.45, 7) is 4.74. The summed E-state index contributed by atoms with van der Waals surface area (Å²) in [4.78, 5) is 0. The van der Waals surface area contributed by atoms with Gasteiger partial charge in [0.25, 0.3) is 0 Å². The van der Waals surface area contributed by atoms with Crippen LogP contribution in [0.2, 0.25) is 0 Å². The van der Waals surface area contributed by atoms with Crippen LogP contribution in [-0.4, -0.2) is 4.57 Å². The van der Waals surface area contributed by atoms with Gasteiger partial charge < -0.3 is 9.88 Å². The van der Waals surface area contributed by atoms with Crippen LogP contribution in [-0.2, 0) is 5.41 Å². The van der Waals surface area contributed by atoms with Gasteiger partial charge in [-0.2, -0.15) is 0 Å². The van der Waals surface area contributed by atoms with Crippen LogP contribution < -0.4 is 5.32 Å². The van der Waals surface area contributed by atoms with Gasteiger partial charge in [0, 0.05) is 38.8 Å². The molecule has 0 radical (unpaired) electrons. The number of hydrogen-bond acceptors (Lipinski definition) is 1. The Kier molecular flexibility index (Phi) is 7.55. The van der Waals surface area contributed by atoms with Crippen molar-refractivity contribution >= 4 is 44.0 Å². The molecule has 10 aromatic rings. The molecule has 1 N–H and O–H groups in total. The largest absolute Gasteiger partial charge is 0.355 e. The van der Waals surface area contributed by atoms with Gasteiger partial charge in [0.1, 0.15) is 0 Å². The Morgan fingerprint density at radius 2 is 1.09 bits per heavy atom. The van der Waals surface area contributed by atoms with Gasteiger partial charge in [0.2, 0.25) is 0 Å². The van der Waals surface area contributed by atoms with Crippen molar-refractivity contribution in [3.05, 3.63) is 211 Å². The summed E-state index contributed by atoms with van der Waals surface area (Å²) < 4.78 is 2.47. The van der Waals surface area contributed by atoms with Crippen LogP contribution in [0.25, 0.3) is 82.8 Å². The molecule has 0 saturated carbocycles. The Morgan fingerprint density at radius 3 is 1.96 bits per heavy atom. The number of nitrogens with zero attached hydrogens (tertiary/aromatic N) is 1. The third kappa shape index (κ3) is 5.40. The Morgan fingerprint density at radius 1 is 0.421 bits per heavy atom. The average Bonchev–Trinajstić information content (AvgIpc) is 3.72. The lowest BCUT2D eigenvalue weighted by molar-refractivity contribution is 0.661. The van der Waals surface area contributed by atoms with Crippen molar-refractivity contribution in [3.63, 3.8) is 0 Å². The number of fused-ring (bicyclic) bond motifs is 8. The Hall–Kier alpha value is -7.16. The van der Waals surface area contributed by atoms with Crippen molar-refractivity contribution in [2.75, 3.05) is 5.32 Å². The van der Waals surface area contributed by atoms with Gasteiger partial charge >= 0.3 is 0 Å². The predicted molar refractivity (Wildman–Crippen MR) is 242 cm³/mol. The number of hydrogen-bond donors (Lipinski definition) is 1. The zero-order valence-electron chi connectivity index (χ0n) is 32.0. The maximum Gasteiger partial charge on any atom is 0.0547 e. The number of aromatic nitrogens is 1. The van der Waals surface area contributed by atoms with Gasteiger partial charge in [-0.3, -0.25) is 0 Å². The Bertz CT molecular complexity index is 3180. The molecule has 0 bridgehead atoms. The van der Waals surface area contributed by atoms with Crippen LogP contribution in [0.4, 0.5) is 11.4 Å². The molecule has 1 aromatic heterocycles. The molecule has 0 amide bonds. The molecular weight excluding hydrogens is 689 g/mol. The number of para-hydroxylation sites is 1. The van der Waals surface area contributed by atoms with Crippen molar-refractivity contribution in [1.29, 1.82) is 0 Å². The van der Waals surface area contributed by atoms with E-state index in [-0.39, 0.29) is 5.41 Å². The highest BCUT2D eigenvalue weighted by atomic mass is 15.0. The van der Waals surface area contributed by atoms with Crippen LogP contribution >= 0.6 is 0 Å². The third-order valence-corrected chi connectivity index (χ3v) is 12.1. The molecule has 270 valence electrons. The highest BCUT2D eigenvalue weighted by Gasteiger charge is 2.37. The number of rotatable bonds is 6. The van der Waals surface area contributed by atoms with E-state index in [9.17, 15) is 0 Å². The molecule has 57 heavy (non-hydrogen) atoms. The zero-order chi connectivity index (χ0) is 38.1. The lowest BCUT2D eigenvalue weighted by atomic mass is 9.82. The van der Waals surface area contributed by atoms with E-state index in [1.165, 1.54) is 88.2 Å². The first kappa shape index (κ1) is 33.2. The minimum absolute atomic E-state index is 0.0953. The molecule has 1 aliphatic carbocycles. The highest BCUT2D eigenvalue weighted by molar-refractivity contribution is 6.18. The number of anilines is 2. The quantitative estimate of drug-likeness (QED) is 0.180. The van der Waals surface area contributed by atoms with Crippen molar-refractivity contribution in [2.24, 2.45) is 0 Å². The zero-order valence-corrected chi connectivity index (χ0v) is 32.0. The van der Waals surface area contributed by atoms with E-state index in [0.29, 0.717) is 0 Å². The average molecular weight is 729 g/mol. The molecular formula is C55H40N2. The second kappa shape index (κ2) is 13.0. The molecule has 0 atom stereocenters. The van der Waals surface area contributed by atoms with E-state index >= 15 is 0 Å². The second-order valence-electron chi connectivity index (χ2n) is 15.8. The molecule has 0 spiro atoms. The summed E-state index contributed by atoms with van der Waals surface area (Å²) in [5.41, 5.74) is 18.3. The topological polar surface area (TPSA) is 17.0 Å². The molecule has 0 aliphatic heterocycles. The molecule has 9 aromatic carbocycles. The lowest BCUT2D eigenvalue weighted by Gasteiger charge is -2.21. The van der Waals surface area contributed by atoms with E-state index in [2.05, 4.69) is 224 Å². The van der Waals surface area contributed by atoms with Gasteiger partial charge in [0.15, 0.2) is 0 Å². The summed E-state index contributed by atoms with van der Waals surface area (Å²) in [5, 5.41) is 8.77. The Balaban J connectivity index is 1.08. The predicted octanol–water partition coefficient (Wildman–Crippen LogP) is 15.0. The van der Waals surface area contributed by atoms with Crippen LogP contribution in [0.5, 0.6) is 0 Å². The van der Waals surface area contributed by atoms with Gasteiger partial charge in [-0.25, -0.2) is 0 Å². The standard InChI is InChI=1S/C55H40N2/c1-55(2)48-24-10-8-23-46(48)53-49(55)29-31-52-54(53)47-35-41(27-30-51(47)57(52)44-21-13-19-40(34-44)36-14-4-3-5-15-36)38-18-12-20-42(32-38)45-22-9-11-25-50(45)56-43-28-26-37-16-6-7-17-39(37)33-43/h3-35,56H,1-2H3. The van der Waals surface area contributed by atoms with Crippen LogP contribution in [0.1, 0.15) is 25.0 Å². The van der Waals surface area contributed by atoms with E-state index in [0.717, 1.165) is 17.1 Å². The van der Waals surface area contributed by atoms with Crippen molar-refractivity contribution in [1.82, 2.24) is 4.57 Å². The smallest absolute Gasteiger partial charge is 0.0547 e. The van der Waals surface area contributed by atoms with E-state index < -0.39 is 0 Å². The first-order chi connectivity index (χ1) is 28.0. The third-order valence-electron chi connectivity index (χ3n) is 12.1. The maximum absolute atomic E-state index is 3.74. The first-order valence-electron chi connectivity index (χ1n) is 19.8. The van der Waals surface area contributed by atoms with Gasteiger partial charge in [0.05, 0.1) is 11.0 Å². The SMILES string of the molecule is CC1(C)c2ccccc2-c2c1ccc1c2c2cc(-c3cccc(-c4ccccc4Nc4ccc5ccccc5c4)c3)ccc2n1-c1cccc(-c2ccccc2)c1. The first-order valence-corrected chi connectivity index (χ1v) is 19.8.